The lowest BCUT2D eigenvalue weighted by Crippen LogP contribution is -2.41. The Kier molecular flexibility index (Phi) is 9.78. The highest BCUT2D eigenvalue weighted by atomic mass is 127. The van der Waals surface area contributed by atoms with Gasteiger partial charge in [0.1, 0.15) is 0 Å². The van der Waals surface area contributed by atoms with Gasteiger partial charge in [0.25, 0.3) is 0 Å². The number of hydrogen-bond donors (Lipinski definition) is 2. The molecule has 0 aromatic heterocycles. The number of benzene rings is 2. The van der Waals surface area contributed by atoms with E-state index in [-0.39, 0.29) is 30.1 Å². The van der Waals surface area contributed by atoms with Crippen LogP contribution in [0.25, 0.3) is 0 Å². The van der Waals surface area contributed by atoms with Gasteiger partial charge in [0, 0.05) is 32.7 Å². The van der Waals surface area contributed by atoms with Crippen LogP contribution in [-0.2, 0) is 17.7 Å². The average molecular weight is 493 g/mol. The molecule has 0 aliphatic carbocycles. The van der Waals surface area contributed by atoms with Crippen molar-refractivity contribution in [2.75, 3.05) is 20.2 Å². The van der Waals surface area contributed by atoms with E-state index in [1.165, 1.54) is 23.1 Å². The Labute approximate surface area is 186 Å². The van der Waals surface area contributed by atoms with E-state index in [1.54, 1.807) is 0 Å². The molecule has 1 fully saturated rings. The van der Waals surface area contributed by atoms with Crippen LogP contribution in [0.2, 0.25) is 0 Å². The summed E-state index contributed by atoms with van der Waals surface area (Å²) in [6.07, 6.45) is 3.49. The molecule has 3 rings (SSSR count). The monoisotopic (exact) mass is 493 g/mol. The Bertz CT molecular complexity index is 736. The standard InChI is InChI=1S/C23H31N3O.HI/c1-3-18-10-7-8-13-20(18)16-25-23(24-2)26-17-21-14-9-15-27-22(21)19-11-5-4-6-12-19;/h4-8,10-13,21-22H,3,9,14-17H2,1-2H3,(H2,24,25,26);1H. The molecule has 0 radical (unpaired) electrons. The molecule has 28 heavy (non-hydrogen) atoms. The summed E-state index contributed by atoms with van der Waals surface area (Å²) in [5.41, 5.74) is 3.97. The Morgan fingerprint density at radius 2 is 1.75 bits per heavy atom. The fraction of sp³-hybridized carbons (Fsp3) is 0.435. The van der Waals surface area contributed by atoms with Crippen molar-refractivity contribution in [1.29, 1.82) is 0 Å². The van der Waals surface area contributed by atoms with Gasteiger partial charge in [-0.3, -0.25) is 4.99 Å². The second-order valence-electron chi connectivity index (χ2n) is 7.03. The minimum absolute atomic E-state index is 0. The summed E-state index contributed by atoms with van der Waals surface area (Å²) in [4.78, 5) is 4.39. The van der Waals surface area contributed by atoms with E-state index < -0.39 is 0 Å². The number of ether oxygens (including phenoxy) is 1. The summed E-state index contributed by atoms with van der Waals surface area (Å²) in [5, 5.41) is 6.96. The largest absolute Gasteiger partial charge is 0.373 e. The first-order chi connectivity index (χ1) is 13.3. The summed E-state index contributed by atoms with van der Waals surface area (Å²) >= 11 is 0. The van der Waals surface area contributed by atoms with Crippen molar-refractivity contribution in [2.45, 2.75) is 38.8 Å². The number of hydrogen-bond acceptors (Lipinski definition) is 2. The van der Waals surface area contributed by atoms with Gasteiger partial charge in [0.2, 0.25) is 0 Å². The molecule has 1 saturated heterocycles. The molecule has 1 aliphatic rings. The second kappa shape index (κ2) is 12.1. The molecule has 2 N–H and O–H groups in total. The summed E-state index contributed by atoms with van der Waals surface area (Å²) in [6.45, 7) is 4.68. The molecule has 5 heteroatoms. The second-order valence-corrected chi connectivity index (χ2v) is 7.03. The average Bonchev–Trinajstić information content (AvgIpc) is 2.75. The minimum Gasteiger partial charge on any atom is -0.373 e. The smallest absolute Gasteiger partial charge is 0.191 e. The van der Waals surface area contributed by atoms with E-state index in [0.29, 0.717) is 5.92 Å². The maximum Gasteiger partial charge on any atom is 0.191 e. The van der Waals surface area contributed by atoms with Crippen molar-refractivity contribution in [3.63, 3.8) is 0 Å². The number of halogens is 1. The van der Waals surface area contributed by atoms with Crippen LogP contribution in [0, 0.1) is 5.92 Å². The Balaban J connectivity index is 0.00000280. The fourth-order valence-corrected chi connectivity index (χ4v) is 3.77. The molecule has 2 aromatic carbocycles. The molecule has 0 saturated carbocycles. The summed E-state index contributed by atoms with van der Waals surface area (Å²) < 4.78 is 6.10. The number of guanidine groups is 1. The summed E-state index contributed by atoms with van der Waals surface area (Å²) in [6, 6.07) is 19.1. The summed E-state index contributed by atoms with van der Waals surface area (Å²) in [5.74, 6) is 1.29. The predicted octanol–water partition coefficient (Wildman–Crippen LogP) is 4.70. The maximum atomic E-state index is 6.10. The van der Waals surface area contributed by atoms with Crippen LogP contribution >= 0.6 is 24.0 Å². The van der Waals surface area contributed by atoms with Crippen molar-refractivity contribution >= 4 is 29.9 Å². The normalized spacial score (nSPS) is 19.6. The van der Waals surface area contributed by atoms with Gasteiger partial charge in [-0.05, 0) is 36.0 Å². The van der Waals surface area contributed by atoms with E-state index in [0.717, 1.165) is 38.5 Å². The van der Waals surface area contributed by atoms with Crippen molar-refractivity contribution in [3.8, 4) is 0 Å². The van der Waals surface area contributed by atoms with E-state index in [4.69, 9.17) is 4.74 Å². The first kappa shape index (κ1) is 22.7. The SMILES string of the molecule is CCc1ccccc1CNC(=NC)NCC1CCCOC1c1ccccc1.I. The lowest BCUT2D eigenvalue weighted by atomic mass is 9.89. The Morgan fingerprint density at radius 3 is 2.46 bits per heavy atom. The fourth-order valence-electron chi connectivity index (χ4n) is 3.77. The Morgan fingerprint density at radius 1 is 1.04 bits per heavy atom. The van der Waals surface area contributed by atoms with E-state index in [1.807, 2.05) is 7.05 Å². The maximum absolute atomic E-state index is 6.10. The molecule has 1 aliphatic heterocycles. The van der Waals surface area contributed by atoms with Gasteiger partial charge >= 0.3 is 0 Å². The highest BCUT2D eigenvalue weighted by molar-refractivity contribution is 14.0. The van der Waals surface area contributed by atoms with Crippen molar-refractivity contribution in [1.82, 2.24) is 10.6 Å². The zero-order valence-electron chi connectivity index (χ0n) is 16.9. The third-order valence-corrected chi connectivity index (χ3v) is 5.27. The van der Waals surface area contributed by atoms with Crippen LogP contribution in [0.5, 0.6) is 0 Å². The van der Waals surface area contributed by atoms with Gasteiger partial charge in [-0.15, -0.1) is 24.0 Å². The molecule has 2 aromatic rings. The number of aryl methyl sites for hydroxylation is 1. The summed E-state index contributed by atoms with van der Waals surface area (Å²) in [7, 11) is 1.83. The number of aliphatic imine (C=N–C) groups is 1. The number of rotatable bonds is 6. The molecule has 2 unspecified atom stereocenters. The first-order valence-corrected chi connectivity index (χ1v) is 9.99. The predicted molar refractivity (Wildman–Crippen MR) is 127 cm³/mol. The van der Waals surface area contributed by atoms with Crippen molar-refractivity contribution < 1.29 is 4.74 Å². The molecule has 1 heterocycles. The van der Waals surface area contributed by atoms with Gasteiger partial charge in [0.05, 0.1) is 6.10 Å². The van der Waals surface area contributed by atoms with Crippen LogP contribution in [0.3, 0.4) is 0 Å². The van der Waals surface area contributed by atoms with E-state index >= 15 is 0 Å². The van der Waals surface area contributed by atoms with Gasteiger partial charge < -0.3 is 15.4 Å². The topological polar surface area (TPSA) is 45.7 Å². The lowest BCUT2D eigenvalue weighted by Gasteiger charge is -2.32. The van der Waals surface area contributed by atoms with Gasteiger partial charge in [-0.25, -0.2) is 0 Å². The third kappa shape index (κ3) is 6.21. The van der Waals surface area contributed by atoms with E-state index in [9.17, 15) is 0 Å². The van der Waals surface area contributed by atoms with Gasteiger partial charge in [-0.2, -0.15) is 0 Å². The third-order valence-electron chi connectivity index (χ3n) is 5.27. The van der Waals surface area contributed by atoms with Crippen LogP contribution in [0.1, 0.15) is 42.6 Å². The highest BCUT2D eigenvalue weighted by Gasteiger charge is 2.27. The van der Waals surface area contributed by atoms with Crippen LogP contribution in [-0.4, -0.2) is 26.2 Å². The van der Waals surface area contributed by atoms with E-state index in [2.05, 4.69) is 77.1 Å². The number of nitrogens with one attached hydrogen (secondary N) is 2. The lowest BCUT2D eigenvalue weighted by molar-refractivity contribution is -0.0265. The van der Waals surface area contributed by atoms with Crippen molar-refractivity contribution in [3.05, 3.63) is 71.3 Å². The molecule has 0 bridgehead atoms. The Hall–Kier alpha value is -1.60. The zero-order chi connectivity index (χ0) is 18.9. The molecule has 0 amide bonds. The van der Waals surface area contributed by atoms with Gasteiger partial charge in [0.15, 0.2) is 5.96 Å². The quantitative estimate of drug-likeness (QED) is 0.349. The number of nitrogens with zero attached hydrogens (tertiary/aromatic N) is 1. The molecular weight excluding hydrogens is 461 g/mol. The molecular formula is C23H32IN3O. The minimum atomic E-state index is 0. The first-order valence-electron chi connectivity index (χ1n) is 9.99. The van der Waals surface area contributed by atoms with Crippen LogP contribution < -0.4 is 10.6 Å². The molecule has 2 atom stereocenters. The molecule has 4 nitrogen and oxygen atoms in total. The molecule has 0 spiro atoms. The van der Waals surface area contributed by atoms with Crippen LogP contribution in [0.15, 0.2) is 59.6 Å². The van der Waals surface area contributed by atoms with Crippen molar-refractivity contribution in [2.24, 2.45) is 10.9 Å². The highest BCUT2D eigenvalue weighted by Crippen LogP contribution is 2.33. The zero-order valence-corrected chi connectivity index (χ0v) is 19.2. The molecule has 152 valence electrons. The van der Waals surface area contributed by atoms with Gasteiger partial charge in [-0.1, -0.05) is 61.5 Å². The van der Waals surface area contributed by atoms with Crippen LogP contribution in [0.4, 0.5) is 0 Å².